The third kappa shape index (κ3) is 4.64. The van der Waals surface area contributed by atoms with Crippen molar-refractivity contribution in [2.45, 2.75) is 37.7 Å². The van der Waals surface area contributed by atoms with Gasteiger partial charge in [0.05, 0.1) is 24.0 Å². The zero-order chi connectivity index (χ0) is 14.4. The molecule has 0 spiro atoms. The summed E-state index contributed by atoms with van der Waals surface area (Å²) < 4.78 is 0. The maximum Gasteiger partial charge on any atom is 0.123 e. The van der Waals surface area contributed by atoms with Crippen molar-refractivity contribution in [3.8, 4) is 0 Å². The molecule has 7 N–H and O–H groups in total. The van der Waals surface area contributed by atoms with E-state index in [1.807, 2.05) is 0 Å². The van der Waals surface area contributed by atoms with E-state index in [1.165, 1.54) is 6.20 Å². The minimum absolute atomic E-state index is 0.00831. The van der Waals surface area contributed by atoms with Crippen molar-refractivity contribution in [1.29, 1.82) is 0 Å². The van der Waals surface area contributed by atoms with Gasteiger partial charge in [-0.25, -0.2) is 4.98 Å². The van der Waals surface area contributed by atoms with E-state index in [0.29, 0.717) is 11.5 Å². The molecule has 0 aromatic carbocycles. The van der Waals surface area contributed by atoms with Crippen LogP contribution in [0.15, 0.2) is 18.3 Å². The van der Waals surface area contributed by atoms with Crippen LogP contribution in [-0.4, -0.2) is 56.4 Å². The molecule has 7 heteroatoms. The van der Waals surface area contributed by atoms with E-state index in [9.17, 15) is 15.3 Å². The number of aliphatic hydroxyl groups is 4. The fourth-order valence-corrected chi connectivity index (χ4v) is 1.67. The summed E-state index contributed by atoms with van der Waals surface area (Å²) >= 11 is 0. The van der Waals surface area contributed by atoms with Crippen LogP contribution in [0.1, 0.15) is 13.3 Å². The van der Waals surface area contributed by atoms with Gasteiger partial charge in [-0.1, -0.05) is 0 Å². The van der Waals surface area contributed by atoms with Crippen LogP contribution in [-0.2, 0) is 0 Å². The quantitative estimate of drug-likeness (QED) is 0.372. The van der Waals surface area contributed by atoms with Crippen LogP contribution in [0.5, 0.6) is 0 Å². The molecule has 0 saturated carbocycles. The lowest BCUT2D eigenvalue weighted by atomic mass is 10.00. The van der Waals surface area contributed by atoms with Gasteiger partial charge in [0.1, 0.15) is 18.0 Å². The van der Waals surface area contributed by atoms with Gasteiger partial charge < -0.3 is 31.5 Å². The van der Waals surface area contributed by atoms with Crippen molar-refractivity contribution < 1.29 is 20.4 Å². The Morgan fingerprint density at radius 2 is 1.95 bits per heavy atom. The van der Waals surface area contributed by atoms with E-state index in [1.54, 1.807) is 19.1 Å². The second-order valence-corrected chi connectivity index (χ2v) is 4.47. The zero-order valence-corrected chi connectivity index (χ0v) is 10.8. The summed E-state index contributed by atoms with van der Waals surface area (Å²) in [4.78, 5) is 3.89. The monoisotopic (exact) mass is 271 g/mol. The second kappa shape index (κ2) is 7.25. The second-order valence-electron chi connectivity index (χ2n) is 4.47. The molecule has 0 saturated heterocycles. The Hall–Kier alpha value is -1.41. The Morgan fingerprint density at radius 1 is 1.26 bits per heavy atom. The molecule has 0 aliphatic carbocycles. The van der Waals surface area contributed by atoms with Gasteiger partial charge in [0.2, 0.25) is 0 Å². The molecule has 0 bridgehead atoms. The Morgan fingerprint density at radius 3 is 2.47 bits per heavy atom. The molecule has 1 rings (SSSR count). The number of nitrogens with two attached hydrogens (primary N) is 1. The Kier molecular flexibility index (Phi) is 5.97. The molecule has 4 atom stereocenters. The number of hydrogen-bond donors (Lipinski definition) is 6. The van der Waals surface area contributed by atoms with Crippen LogP contribution in [0.4, 0.5) is 11.5 Å². The third-order valence-corrected chi connectivity index (χ3v) is 2.86. The summed E-state index contributed by atoms with van der Waals surface area (Å²) in [6, 6.07) is 2.80. The van der Waals surface area contributed by atoms with Crippen LogP contribution in [0.25, 0.3) is 0 Å². The van der Waals surface area contributed by atoms with E-state index in [4.69, 9.17) is 10.8 Å². The molecule has 1 aromatic rings. The number of pyridine rings is 1. The normalized spacial score (nSPS) is 17.5. The van der Waals surface area contributed by atoms with E-state index in [-0.39, 0.29) is 13.0 Å². The molecule has 1 heterocycles. The first kappa shape index (κ1) is 15.6. The number of anilines is 2. The highest BCUT2D eigenvalue weighted by Gasteiger charge is 2.28. The van der Waals surface area contributed by atoms with Crippen molar-refractivity contribution in [3.63, 3.8) is 0 Å². The number of nitrogens with zero attached hydrogens (tertiary/aromatic N) is 1. The standard InChI is InChI=1S/C12H21N3O4/c1-7(11(18)12(19)9(17)4-5-16)15-8-2-3-10(13)14-6-8/h2-3,6-7,9,11-12,15-19H,4-5H2,1H3,(H2,13,14). The van der Waals surface area contributed by atoms with Crippen LogP contribution in [0, 0.1) is 0 Å². The van der Waals surface area contributed by atoms with Crippen molar-refractivity contribution in [2.75, 3.05) is 17.7 Å². The summed E-state index contributed by atoms with van der Waals surface area (Å²) in [7, 11) is 0. The Bertz CT molecular complexity index is 374. The maximum atomic E-state index is 9.90. The van der Waals surface area contributed by atoms with Crippen molar-refractivity contribution >= 4 is 11.5 Å². The maximum absolute atomic E-state index is 9.90. The molecular weight excluding hydrogens is 250 g/mol. The SMILES string of the molecule is CC(Nc1ccc(N)nc1)C(O)C(O)C(O)CCO. The molecule has 0 amide bonds. The molecule has 1 aromatic heterocycles. The predicted octanol–water partition coefficient (Wildman–Crippen LogP) is -1.07. The lowest BCUT2D eigenvalue weighted by Crippen LogP contribution is -2.46. The van der Waals surface area contributed by atoms with Gasteiger partial charge in [0.15, 0.2) is 0 Å². The lowest BCUT2D eigenvalue weighted by molar-refractivity contribution is -0.0696. The Balaban J connectivity index is 2.56. The number of rotatable bonds is 7. The molecule has 0 aliphatic heterocycles. The number of nitrogens with one attached hydrogen (secondary N) is 1. The molecule has 19 heavy (non-hydrogen) atoms. The van der Waals surface area contributed by atoms with Crippen LogP contribution >= 0.6 is 0 Å². The first-order chi connectivity index (χ1) is 8.95. The highest BCUT2D eigenvalue weighted by atomic mass is 16.4. The zero-order valence-electron chi connectivity index (χ0n) is 10.8. The molecule has 0 aliphatic rings. The molecular formula is C12H21N3O4. The fraction of sp³-hybridized carbons (Fsp3) is 0.583. The summed E-state index contributed by atoms with van der Waals surface area (Å²) in [6.45, 7) is 1.41. The van der Waals surface area contributed by atoms with E-state index in [0.717, 1.165) is 0 Å². The largest absolute Gasteiger partial charge is 0.396 e. The number of hydrogen-bond acceptors (Lipinski definition) is 7. The molecule has 0 radical (unpaired) electrons. The summed E-state index contributed by atoms with van der Waals surface area (Å²) in [5.74, 6) is 0.386. The number of aliphatic hydroxyl groups excluding tert-OH is 4. The lowest BCUT2D eigenvalue weighted by Gasteiger charge is -2.28. The smallest absolute Gasteiger partial charge is 0.123 e. The van der Waals surface area contributed by atoms with Gasteiger partial charge in [-0.05, 0) is 25.5 Å². The highest BCUT2D eigenvalue weighted by molar-refractivity contribution is 5.46. The van der Waals surface area contributed by atoms with Gasteiger partial charge >= 0.3 is 0 Å². The third-order valence-electron chi connectivity index (χ3n) is 2.86. The van der Waals surface area contributed by atoms with Crippen LogP contribution in [0.2, 0.25) is 0 Å². The first-order valence-corrected chi connectivity index (χ1v) is 6.08. The highest BCUT2D eigenvalue weighted by Crippen LogP contribution is 2.13. The topological polar surface area (TPSA) is 132 Å². The van der Waals surface area contributed by atoms with E-state index < -0.39 is 24.4 Å². The molecule has 7 nitrogen and oxygen atoms in total. The van der Waals surface area contributed by atoms with Crippen molar-refractivity contribution in [2.24, 2.45) is 0 Å². The van der Waals surface area contributed by atoms with Crippen LogP contribution in [0.3, 0.4) is 0 Å². The molecule has 0 fully saturated rings. The summed E-state index contributed by atoms with van der Waals surface area (Å²) in [5, 5.41) is 40.8. The molecule has 4 unspecified atom stereocenters. The fourth-order valence-electron chi connectivity index (χ4n) is 1.67. The van der Waals surface area contributed by atoms with Gasteiger partial charge in [-0.2, -0.15) is 0 Å². The summed E-state index contributed by atoms with van der Waals surface area (Å²) in [5.41, 5.74) is 6.10. The van der Waals surface area contributed by atoms with Crippen LogP contribution < -0.4 is 11.1 Å². The van der Waals surface area contributed by atoms with Gasteiger partial charge in [0.25, 0.3) is 0 Å². The summed E-state index contributed by atoms with van der Waals surface area (Å²) in [6.07, 6.45) is -2.17. The van der Waals surface area contributed by atoms with Crippen molar-refractivity contribution in [3.05, 3.63) is 18.3 Å². The first-order valence-electron chi connectivity index (χ1n) is 6.08. The minimum atomic E-state index is -1.34. The van der Waals surface area contributed by atoms with Gasteiger partial charge in [0, 0.05) is 6.61 Å². The predicted molar refractivity (Wildman–Crippen MR) is 71.5 cm³/mol. The van der Waals surface area contributed by atoms with E-state index in [2.05, 4.69) is 10.3 Å². The Labute approximate surface area is 111 Å². The van der Waals surface area contributed by atoms with Gasteiger partial charge in [-0.3, -0.25) is 0 Å². The van der Waals surface area contributed by atoms with E-state index >= 15 is 0 Å². The van der Waals surface area contributed by atoms with Crippen molar-refractivity contribution in [1.82, 2.24) is 4.98 Å². The molecule has 108 valence electrons. The number of aromatic nitrogens is 1. The average Bonchev–Trinajstić information content (AvgIpc) is 2.39. The number of nitrogen functional groups attached to an aromatic ring is 1. The minimum Gasteiger partial charge on any atom is -0.396 e. The average molecular weight is 271 g/mol. The van der Waals surface area contributed by atoms with Gasteiger partial charge in [-0.15, -0.1) is 0 Å².